The number of hydrogen-bond donors (Lipinski definition) is 1. The average Bonchev–Trinajstić information content (AvgIpc) is 2.95. The summed E-state index contributed by atoms with van der Waals surface area (Å²) in [6, 6.07) is 4.55. The van der Waals surface area contributed by atoms with Crippen molar-refractivity contribution in [1.82, 2.24) is 5.32 Å². The van der Waals surface area contributed by atoms with Crippen LogP contribution in [-0.4, -0.2) is 26.0 Å². The van der Waals surface area contributed by atoms with Gasteiger partial charge in [0.25, 0.3) is 0 Å². The van der Waals surface area contributed by atoms with E-state index in [0.717, 1.165) is 19.3 Å². The van der Waals surface area contributed by atoms with Crippen LogP contribution >= 0.6 is 11.3 Å². The normalized spacial score (nSPS) is 25.9. The molecule has 3 unspecified atom stereocenters. The third-order valence-corrected chi connectivity index (χ3v) is 6.53. The van der Waals surface area contributed by atoms with Crippen molar-refractivity contribution < 1.29 is 8.42 Å². The predicted molar refractivity (Wildman–Crippen MR) is 81.3 cm³/mol. The van der Waals surface area contributed by atoms with E-state index in [9.17, 15) is 8.42 Å². The van der Waals surface area contributed by atoms with E-state index in [0.29, 0.717) is 5.92 Å². The van der Waals surface area contributed by atoms with Crippen molar-refractivity contribution >= 4 is 21.2 Å². The molecule has 1 saturated carbocycles. The van der Waals surface area contributed by atoms with Crippen LogP contribution in [0.4, 0.5) is 0 Å². The molecule has 0 aromatic carbocycles. The Kier molecular flexibility index (Phi) is 4.69. The second-order valence-electron chi connectivity index (χ2n) is 5.81. The molecule has 3 nitrogen and oxygen atoms in total. The molecule has 1 aliphatic carbocycles. The fourth-order valence-electron chi connectivity index (χ4n) is 2.93. The lowest BCUT2D eigenvalue weighted by Crippen LogP contribution is -2.43. The molecular weight excluding hydrogens is 278 g/mol. The van der Waals surface area contributed by atoms with Gasteiger partial charge in [-0.1, -0.05) is 26.3 Å². The van der Waals surface area contributed by atoms with E-state index in [2.05, 4.69) is 36.7 Å². The van der Waals surface area contributed by atoms with Crippen LogP contribution in [0.15, 0.2) is 17.5 Å². The lowest BCUT2D eigenvalue weighted by molar-refractivity contribution is 0.364. The minimum Gasteiger partial charge on any atom is -0.305 e. The van der Waals surface area contributed by atoms with Crippen LogP contribution in [0, 0.1) is 5.92 Å². The summed E-state index contributed by atoms with van der Waals surface area (Å²) >= 11 is 1.74. The van der Waals surface area contributed by atoms with Crippen LogP contribution in [0.25, 0.3) is 0 Å². The molecular formula is C14H23NO2S2. The molecule has 1 aromatic rings. The van der Waals surface area contributed by atoms with Gasteiger partial charge in [-0.25, -0.2) is 8.42 Å². The minimum absolute atomic E-state index is 0.101. The monoisotopic (exact) mass is 301 g/mol. The smallest absolute Gasteiger partial charge is 0.151 e. The molecule has 19 heavy (non-hydrogen) atoms. The van der Waals surface area contributed by atoms with E-state index in [1.165, 1.54) is 11.1 Å². The highest BCUT2D eigenvalue weighted by Gasteiger charge is 2.36. The molecule has 2 rings (SSSR count). The van der Waals surface area contributed by atoms with E-state index in [4.69, 9.17) is 0 Å². The Morgan fingerprint density at radius 2 is 2.11 bits per heavy atom. The quantitative estimate of drug-likeness (QED) is 0.909. The average molecular weight is 301 g/mol. The summed E-state index contributed by atoms with van der Waals surface area (Å²) in [7, 11) is -2.95. The molecule has 0 spiro atoms. The molecule has 0 saturated heterocycles. The Bertz CT molecular complexity index is 494. The third kappa shape index (κ3) is 3.58. The van der Waals surface area contributed by atoms with Gasteiger partial charge < -0.3 is 5.32 Å². The minimum atomic E-state index is -2.95. The highest BCUT2D eigenvalue weighted by molar-refractivity contribution is 7.91. The van der Waals surface area contributed by atoms with Crippen molar-refractivity contribution in [1.29, 1.82) is 0 Å². The largest absolute Gasteiger partial charge is 0.305 e. The molecule has 1 heterocycles. The molecule has 1 N–H and O–H groups in total. The van der Waals surface area contributed by atoms with Gasteiger partial charge in [-0.2, -0.15) is 0 Å². The van der Waals surface area contributed by atoms with Gasteiger partial charge in [-0.15, -0.1) is 11.3 Å². The second kappa shape index (κ2) is 5.94. The Morgan fingerprint density at radius 3 is 2.63 bits per heavy atom. The number of hydrogen-bond acceptors (Lipinski definition) is 4. The molecule has 1 aromatic heterocycles. The zero-order chi connectivity index (χ0) is 14.0. The summed E-state index contributed by atoms with van der Waals surface area (Å²) < 4.78 is 23.7. The van der Waals surface area contributed by atoms with Crippen molar-refractivity contribution in [3.05, 3.63) is 22.4 Å². The summed E-state index contributed by atoms with van der Waals surface area (Å²) in [5, 5.41) is 5.47. The summed E-state index contributed by atoms with van der Waals surface area (Å²) in [4.78, 5) is 1.30. The Labute approximate surface area is 120 Å². The topological polar surface area (TPSA) is 46.2 Å². The summed E-state index contributed by atoms with van der Waals surface area (Å²) in [5.41, 5.74) is 0. The van der Waals surface area contributed by atoms with Crippen molar-refractivity contribution in [3.63, 3.8) is 0 Å². The first-order valence-electron chi connectivity index (χ1n) is 6.88. The van der Waals surface area contributed by atoms with Gasteiger partial charge in [0.05, 0.1) is 5.25 Å². The van der Waals surface area contributed by atoms with Crippen molar-refractivity contribution in [2.24, 2.45) is 5.92 Å². The maximum atomic E-state index is 11.8. The fraction of sp³-hybridized carbons (Fsp3) is 0.714. The van der Waals surface area contributed by atoms with Crippen molar-refractivity contribution in [2.45, 2.75) is 50.4 Å². The highest BCUT2D eigenvalue weighted by atomic mass is 32.2. The zero-order valence-corrected chi connectivity index (χ0v) is 13.4. The molecule has 0 aliphatic heterocycles. The molecule has 3 atom stereocenters. The van der Waals surface area contributed by atoms with Crippen LogP contribution in [0.2, 0.25) is 0 Å². The van der Waals surface area contributed by atoms with Crippen molar-refractivity contribution in [3.8, 4) is 0 Å². The number of sulfone groups is 1. The van der Waals surface area contributed by atoms with Gasteiger partial charge in [0.1, 0.15) is 0 Å². The fourth-order valence-corrected chi connectivity index (χ4v) is 5.30. The first kappa shape index (κ1) is 15.0. The SMILES string of the molecule is CC(C)C(NC1CCCC1S(C)(=O)=O)c1cccs1. The molecule has 108 valence electrons. The maximum absolute atomic E-state index is 11.8. The van der Waals surface area contributed by atoms with Crippen LogP contribution in [0.3, 0.4) is 0 Å². The first-order valence-corrected chi connectivity index (χ1v) is 9.71. The first-order chi connectivity index (χ1) is 8.89. The van der Waals surface area contributed by atoms with Crippen LogP contribution in [-0.2, 0) is 9.84 Å². The zero-order valence-electron chi connectivity index (χ0n) is 11.8. The molecule has 0 radical (unpaired) electrons. The van der Waals surface area contributed by atoms with E-state index >= 15 is 0 Å². The molecule has 5 heteroatoms. The molecule has 0 amide bonds. The summed E-state index contributed by atoms with van der Waals surface area (Å²) in [6.07, 6.45) is 4.13. The number of nitrogens with one attached hydrogen (secondary N) is 1. The van der Waals surface area contributed by atoms with E-state index < -0.39 is 9.84 Å². The van der Waals surface area contributed by atoms with E-state index in [1.54, 1.807) is 11.3 Å². The maximum Gasteiger partial charge on any atom is 0.151 e. The Morgan fingerprint density at radius 1 is 1.37 bits per heavy atom. The molecule has 1 fully saturated rings. The Balaban J connectivity index is 2.14. The lowest BCUT2D eigenvalue weighted by Gasteiger charge is -2.28. The van der Waals surface area contributed by atoms with Crippen LogP contribution in [0.1, 0.15) is 44.0 Å². The van der Waals surface area contributed by atoms with Crippen LogP contribution in [0.5, 0.6) is 0 Å². The second-order valence-corrected chi connectivity index (χ2v) is 9.05. The summed E-state index contributed by atoms with van der Waals surface area (Å²) in [6.45, 7) is 4.36. The highest BCUT2D eigenvalue weighted by Crippen LogP contribution is 2.31. The van der Waals surface area contributed by atoms with Gasteiger partial charge in [-0.3, -0.25) is 0 Å². The van der Waals surface area contributed by atoms with Crippen LogP contribution < -0.4 is 5.32 Å². The third-order valence-electron chi connectivity index (χ3n) is 3.91. The van der Waals surface area contributed by atoms with Gasteiger partial charge >= 0.3 is 0 Å². The number of thiophene rings is 1. The van der Waals surface area contributed by atoms with E-state index in [1.807, 2.05) is 0 Å². The predicted octanol–water partition coefficient (Wildman–Crippen LogP) is 3.00. The van der Waals surface area contributed by atoms with Gasteiger partial charge in [0.15, 0.2) is 9.84 Å². The molecule has 0 bridgehead atoms. The number of rotatable bonds is 5. The Hall–Kier alpha value is -0.390. The van der Waals surface area contributed by atoms with E-state index in [-0.39, 0.29) is 17.3 Å². The standard InChI is InChI=1S/C14H23NO2S2/c1-10(2)14(12-7-5-9-18-12)15-11-6-4-8-13(11)19(3,16)17/h5,7,9-11,13-15H,4,6,8H2,1-3H3. The van der Waals surface area contributed by atoms with Crippen molar-refractivity contribution in [2.75, 3.05) is 6.26 Å². The van der Waals surface area contributed by atoms with Gasteiger partial charge in [-0.05, 0) is 30.2 Å². The summed E-state index contributed by atoms with van der Waals surface area (Å²) in [5.74, 6) is 0.458. The van der Waals surface area contributed by atoms with Gasteiger partial charge in [0, 0.05) is 23.2 Å². The van der Waals surface area contributed by atoms with Gasteiger partial charge in [0.2, 0.25) is 0 Å². The molecule has 1 aliphatic rings. The lowest BCUT2D eigenvalue weighted by atomic mass is 10.0.